The van der Waals surface area contributed by atoms with Crippen LogP contribution >= 0.6 is 11.6 Å². The number of nitrogens with one attached hydrogen (secondary N) is 1. The van der Waals surface area contributed by atoms with Gasteiger partial charge < -0.3 is 24.4 Å². The summed E-state index contributed by atoms with van der Waals surface area (Å²) >= 11 is 6.16. The van der Waals surface area contributed by atoms with Crippen LogP contribution in [0.2, 0.25) is 5.02 Å². The Kier molecular flexibility index (Phi) is 7.00. The van der Waals surface area contributed by atoms with Gasteiger partial charge in [-0.1, -0.05) is 23.7 Å². The fraction of sp³-hybridized carbons (Fsp3) is 0.632. The van der Waals surface area contributed by atoms with Crippen LogP contribution in [0, 0.1) is 0 Å². The number of halogens is 1. The van der Waals surface area contributed by atoms with Gasteiger partial charge in [0.05, 0.1) is 24.3 Å². The Balaban J connectivity index is 1.50. The van der Waals surface area contributed by atoms with Crippen molar-refractivity contribution in [3.63, 3.8) is 0 Å². The molecule has 0 aromatic heterocycles. The molecule has 7 heteroatoms. The van der Waals surface area contributed by atoms with Crippen LogP contribution in [-0.2, 0) is 9.47 Å². The molecule has 0 saturated carbocycles. The van der Waals surface area contributed by atoms with Crippen molar-refractivity contribution >= 4 is 17.6 Å². The number of guanidine groups is 1. The second kappa shape index (κ2) is 9.44. The molecule has 0 radical (unpaired) electrons. The van der Waals surface area contributed by atoms with Gasteiger partial charge in [0, 0.05) is 26.7 Å². The Hall–Kier alpha value is -1.50. The molecule has 0 spiro atoms. The largest absolute Gasteiger partial charge is 0.487 e. The lowest BCUT2D eigenvalue weighted by Crippen LogP contribution is -2.54. The van der Waals surface area contributed by atoms with Gasteiger partial charge in [0.2, 0.25) is 0 Å². The minimum absolute atomic E-state index is 0.0401. The van der Waals surface area contributed by atoms with Gasteiger partial charge >= 0.3 is 0 Å². The van der Waals surface area contributed by atoms with E-state index in [4.69, 9.17) is 25.8 Å². The van der Waals surface area contributed by atoms with Gasteiger partial charge in [-0.15, -0.1) is 0 Å². The average Bonchev–Trinajstić information content (AvgIpc) is 3.19. The molecule has 3 atom stereocenters. The third kappa shape index (κ3) is 5.02. The molecule has 2 saturated heterocycles. The van der Waals surface area contributed by atoms with Crippen molar-refractivity contribution in [1.29, 1.82) is 0 Å². The number of aliphatic imine (C=N–C) groups is 1. The quantitative estimate of drug-likeness (QED) is 0.627. The summed E-state index contributed by atoms with van der Waals surface area (Å²) < 4.78 is 17.6. The zero-order valence-electron chi connectivity index (χ0n) is 15.5. The number of para-hydroxylation sites is 1. The van der Waals surface area contributed by atoms with Crippen molar-refractivity contribution in [3.8, 4) is 5.75 Å². The van der Waals surface area contributed by atoms with E-state index in [0.29, 0.717) is 23.9 Å². The van der Waals surface area contributed by atoms with Crippen LogP contribution in [0.15, 0.2) is 29.3 Å². The number of ether oxygens (including phenoxy) is 3. The van der Waals surface area contributed by atoms with Crippen LogP contribution in [-0.4, -0.2) is 69.1 Å². The van der Waals surface area contributed by atoms with E-state index in [-0.39, 0.29) is 18.3 Å². The molecular formula is C19H28ClN3O3. The molecule has 0 amide bonds. The number of morpholine rings is 1. The fourth-order valence-corrected chi connectivity index (χ4v) is 3.53. The Bertz CT molecular complexity index is 607. The molecule has 1 N–H and O–H groups in total. The molecule has 2 fully saturated rings. The Morgan fingerprint density at radius 1 is 1.35 bits per heavy atom. The minimum atomic E-state index is -0.0401. The van der Waals surface area contributed by atoms with E-state index < -0.39 is 0 Å². The summed E-state index contributed by atoms with van der Waals surface area (Å²) in [4.78, 5) is 6.66. The van der Waals surface area contributed by atoms with Crippen LogP contribution in [0.4, 0.5) is 0 Å². The van der Waals surface area contributed by atoms with Crippen LogP contribution in [0.1, 0.15) is 19.8 Å². The van der Waals surface area contributed by atoms with Gasteiger partial charge in [0.25, 0.3) is 0 Å². The SMILES string of the molecule is CN=C(NCC(C)Oc1ccccc1Cl)N1CCOC(C2CCCO2)C1. The lowest BCUT2D eigenvalue weighted by molar-refractivity contribution is -0.0817. The molecule has 2 aliphatic heterocycles. The van der Waals surface area contributed by atoms with E-state index in [1.165, 1.54) is 0 Å². The number of hydrogen-bond donors (Lipinski definition) is 1. The summed E-state index contributed by atoms with van der Waals surface area (Å²) in [7, 11) is 1.80. The van der Waals surface area contributed by atoms with E-state index in [1.54, 1.807) is 7.05 Å². The lowest BCUT2D eigenvalue weighted by Gasteiger charge is -2.37. The van der Waals surface area contributed by atoms with Crippen LogP contribution in [0.3, 0.4) is 0 Å². The molecule has 1 aromatic carbocycles. The molecule has 6 nitrogen and oxygen atoms in total. The summed E-state index contributed by atoms with van der Waals surface area (Å²) in [6.07, 6.45) is 2.48. The normalized spacial score (nSPS) is 25.2. The monoisotopic (exact) mass is 381 g/mol. The molecule has 1 aromatic rings. The molecular weight excluding hydrogens is 354 g/mol. The maximum absolute atomic E-state index is 6.16. The van der Waals surface area contributed by atoms with Crippen molar-refractivity contribution < 1.29 is 14.2 Å². The summed E-state index contributed by atoms with van der Waals surface area (Å²) in [6, 6.07) is 7.51. The maximum Gasteiger partial charge on any atom is 0.193 e. The highest BCUT2D eigenvalue weighted by Crippen LogP contribution is 2.24. The van der Waals surface area contributed by atoms with E-state index in [9.17, 15) is 0 Å². The van der Waals surface area contributed by atoms with Crippen LogP contribution < -0.4 is 10.1 Å². The minimum Gasteiger partial charge on any atom is -0.487 e. The van der Waals surface area contributed by atoms with E-state index >= 15 is 0 Å². The smallest absolute Gasteiger partial charge is 0.193 e. The molecule has 144 valence electrons. The van der Waals surface area contributed by atoms with Crippen molar-refractivity contribution in [1.82, 2.24) is 10.2 Å². The molecule has 26 heavy (non-hydrogen) atoms. The first-order valence-electron chi connectivity index (χ1n) is 9.27. The van der Waals surface area contributed by atoms with Gasteiger partial charge in [0.1, 0.15) is 18.0 Å². The Morgan fingerprint density at radius 3 is 2.88 bits per heavy atom. The first-order chi connectivity index (χ1) is 12.7. The van der Waals surface area contributed by atoms with Crippen molar-refractivity contribution in [2.75, 3.05) is 39.9 Å². The predicted octanol–water partition coefficient (Wildman–Crippen LogP) is 2.56. The van der Waals surface area contributed by atoms with E-state index in [2.05, 4.69) is 15.2 Å². The standard InChI is InChI=1S/C19H28ClN3O3/c1-14(26-16-7-4-3-6-15(16)20)12-22-19(21-2)23-9-11-25-18(13-23)17-8-5-10-24-17/h3-4,6-7,14,17-18H,5,8-13H2,1-2H3,(H,21,22). The van der Waals surface area contributed by atoms with E-state index in [0.717, 1.165) is 38.5 Å². The third-order valence-corrected chi connectivity index (χ3v) is 5.01. The molecule has 0 bridgehead atoms. The maximum atomic E-state index is 6.16. The van der Waals surface area contributed by atoms with Crippen LogP contribution in [0.5, 0.6) is 5.75 Å². The average molecular weight is 382 g/mol. The lowest BCUT2D eigenvalue weighted by atomic mass is 10.1. The van der Waals surface area contributed by atoms with Gasteiger partial charge in [-0.2, -0.15) is 0 Å². The first-order valence-corrected chi connectivity index (χ1v) is 9.65. The molecule has 2 heterocycles. The van der Waals surface area contributed by atoms with Gasteiger partial charge in [-0.25, -0.2) is 0 Å². The van der Waals surface area contributed by atoms with Crippen LogP contribution in [0.25, 0.3) is 0 Å². The first kappa shape index (κ1) is 19.3. The summed E-state index contributed by atoms with van der Waals surface area (Å²) in [5.41, 5.74) is 0. The summed E-state index contributed by atoms with van der Waals surface area (Å²) in [6.45, 7) is 5.80. The second-order valence-electron chi connectivity index (χ2n) is 6.69. The molecule has 3 rings (SSSR count). The zero-order chi connectivity index (χ0) is 18.4. The Morgan fingerprint density at radius 2 is 2.15 bits per heavy atom. The summed E-state index contributed by atoms with van der Waals surface area (Å²) in [5, 5.41) is 4.02. The predicted molar refractivity (Wildman–Crippen MR) is 103 cm³/mol. The second-order valence-corrected chi connectivity index (χ2v) is 7.10. The van der Waals surface area contributed by atoms with Crippen molar-refractivity contribution in [3.05, 3.63) is 29.3 Å². The Labute approximate surface area is 160 Å². The highest BCUT2D eigenvalue weighted by atomic mass is 35.5. The summed E-state index contributed by atoms with van der Waals surface area (Å²) in [5.74, 6) is 1.56. The van der Waals surface area contributed by atoms with Crippen molar-refractivity contribution in [2.24, 2.45) is 4.99 Å². The molecule has 2 aliphatic rings. The fourth-order valence-electron chi connectivity index (χ4n) is 3.35. The number of nitrogens with zero attached hydrogens (tertiary/aromatic N) is 2. The van der Waals surface area contributed by atoms with E-state index in [1.807, 2.05) is 31.2 Å². The van der Waals surface area contributed by atoms with Gasteiger partial charge in [-0.05, 0) is 31.9 Å². The number of rotatable bonds is 5. The van der Waals surface area contributed by atoms with Gasteiger partial charge in [-0.3, -0.25) is 4.99 Å². The third-order valence-electron chi connectivity index (χ3n) is 4.70. The van der Waals surface area contributed by atoms with Crippen molar-refractivity contribution in [2.45, 2.75) is 38.1 Å². The highest BCUT2D eigenvalue weighted by molar-refractivity contribution is 6.32. The topological polar surface area (TPSA) is 55.3 Å². The molecule has 0 aliphatic carbocycles. The van der Waals surface area contributed by atoms with Gasteiger partial charge in [0.15, 0.2) is 5.96 Å². The number of benzene rings is 1. The highest BCUT2D eigenvalue weighted by Gasteiger charge is 2.32. The molecule has 3 unspecified atom stereocenters. The zero-order valence-corrected chi connectivity index (χ0v) is 16.2. The number of hydrogen-bond acceptors (Lipinski definition) is 4.